The molecular formula is C19H21N. The summed E-state index contributed by atoms with van der Waals surface area (Å²) in [6.07, 6.45) is 4.84. The zero-order chi connectivity index (χ0) is 14.2. The second-order valence-corrected chi connectivity index (χ2v) is 4.73. The summed E-state index contributed by atoms with van der Waals surface area (Å²) >= 11 is 0. The van der Waals surface area contributed by atoms with Gasteiger partial charge >= 0.3 is 0 Å². The maximum absolute atomic E-state index is 3.91. The number of rotatable bonds is 7. The summed E-state index contributed by atoms with van der Waals surface area (Å²) in [6.45, 7) is 8.62. The largest absolute Gasteiger partial charge is 0.360 e. The van der Waals surface area contributed by atoms with Crippen LogP contribution in [0.3, 0.4) is 0 Å². The average molecular weight is 263 g/mol. The van der Waals surface area contributed by atoms with Crippen molar-refractivity contribution in [3.8, 4) is 0 Å². The van der Waals surface area contributed by atoms with Gasteiger partial charge in [0.15, 0.2) is 0 Å². The molecule has 0 radical (unpaired) electrons. The van der Waals surface area contributed by atoms with E-state index in [0.29, 0.717) is 0 Å². The van der Waals surface area contributed by atoms with E-state index in [4.69, 9.17) is 0 Å². The summed E-state index contributed by atoms with van der Waals surface area (Å²) in [5.74, 6) is 0. The van der Waals surface area contributed by atoms with Crippen molar-refractivity contribution in [2.75, 3.05) is 11.4 Å². The lowest BCUT2D eigenvalue weighted by Gasteiger charge is -2.33. The summed E-state index contributed by atoms with van der Waals surface area (Å²) in [5, 5.41) is 0. The van der Waals surface area contributed by atoms with Gasteiger partial charge in [-0.2, -0.15) is 0 Å². The minimum Gasteiger partial charge on any atom is -0.360 e. The molecule has 2 rings (SSSR count). The van der Waals surface area contributed by atoms with Crippen LogP contribution in [0.1, 0.15) is 18.0 Å². The van der Waals surface area contributed by atoms with Crippen molar-refractivity contribution in [2.24, 2.45) is 0 Å². The lowest BCUT2D eigenvalue weighted by atomic mass is 10.0. The van der Waals surface area contributed by atoms with Crippen molar-refractivity contribution in [1.29, 1.82) is 0 Å². The Balaban J connectivity index is 2.37. The van der Waals surface area contributed by atoms with Crippen LogP contribution in [-0.4, -0.2) is 6.54 Å². The molecule has 0 fully saturated rings. The van der Waals surface area contributed by atoms with E-state index in [1.165, 1.54) is 11.3 Å². The summed E-state index contributed by atoms with van der Waals surface area (Å²) < 4.78 is 0. The third-order valence-corrected chi connectivity index (χ3v) is 3.36. The van der Waals surface area contributed by atoms with E-state index in [-0.39, 0.29) is 6.04 Å². The van der Waals surface area contributed by atoms with Crippen molar-refractivity contribution in [3.05, 3.63) is 91.5 Å². The van der Waals surface area contributed by atoms with Crippen molar-refractivity contribution >= 4 is 5.69 Å². The first-order valence-electron chi connectivity index (χ1n) is 6.95. The Hall–Kier alpha value is -2.28. The van der Waals surface area contributed by atoms with Gasteiger partial charge in [0.2, 0.25) is 0 Å². The van der Waals surface area contributed by atoms with Crippen LogP contribution in [0.25, 0.3) is 0 Å². The molecule has 102 valence electrons. The molecule has 1 unspecified atom stereocenters. The molecule has 0 aliphatic rings. The van der Waals surface area contributed by atoms with Crippen LogP contribution >= 0.6 is 0 Å². The zero-order valence-electron chi connectivity index (χ0n) is 11.8. The highest BCUT2D eigenvalue weighted by Gasteiger charge is 2.18. The van der Waals surface area contributed by atoms with Gasteiger partial charge < -0.3 is 4.90 Å². The van der Waals surface area contributed by atoms with Gasteiger partial charge in [0, 0.05) is 12.2 Å². The average Bonchev–Trinajstić information content (AvgIpc) is 2.52. The van der Waals surface area contributed by atoms with Gasteiger partial charge in [0.05, 0.1) is 6.04 Å². The Bertz CT molecular complexity index is 479. The first kappa shape index (κ1) is 14.1. The van der Waals surface area contributed by atoms with Gasteiger partial charge in [-0.3, -0.25) is 0 Å². The van der Waals surface area contributed by atoms with E-state index in [9.17, 15) is 0 Å². The van der Waals surface area contributed by atoms with E-state index < -0.39 is 0 Å². The maximum Gasteiger partial charge on any atom is 0.0580 e. The van der Waals surface area contributed by atoms with Crippen molar-refractivity contribution in [3.63, 3.8) is 0 Å². The fraction of sp³-hybridized carbons (Fsp3) is 0.158. The minimum atomic E-state index is 0.286. The second-order valence-electron chi connectivity index (χ2n) is 4.73. The van der Waals surface area contributed by atoms with Gasteiger partial charge in [-0.1, -0.05) is 60.7 Å². The molecule has 0 heterocycles. The zero-order valence-corrected chi connectivity index (χ0v) is 11.8. The minimum absolute atomic E-state index is 0.286. The van der Waals surface area contributed by atoms with Crippen molar-refractivity contribution < 1.29 is 0 Å². The number of para-hydroxylation sites is 1. The molecule has 0 aliphatic heterocycles. The molecule has 20 heavy (non-hydrogen) atoms. The molecule has 0 saturated heterocycles. The van der Waals surface area contributed by atoms with Crippen LogP contribution in [0.15, 0.2) is 86.0 Å². The highest BCUT2D eigenvalue weighted by atomic mass is 15.2. The molecule has 0 bridgehead atoms. The lowest BCUT2D eigenvalue weighted by molar-refractivity contribution is 0.657. The van der Waals surface area contributed by atoms with Gasteiger partial charge in [0.25, 0.3) is 0 Å². The molecule has 0 aliphatic carbocycles. The summed E-state index contributed by atoms with van der Waals surface area (Å²) in [5.41, 5.74) is 2.52. The molecule has 0 spiro atoms. The monoisotopic (exact) mass is 263 g/mol. The van der Waals surface area contributed by atoms with Crippen LogP contribution in [0.2, 0.25) is 0 Å². The van der Waals surface area contributed by atoms with Crippen LogP contribution in [0.5, 0.6) is 0 Å². The first-order valence-corrected chi connectivity index (χ1v) is 6.95. The van der Waals surface area contributed by atoms with Gasteiger partial charge in [-0.05, 0) is 24.1 Å². The quantitative estimate of drug-likeness (QED) is 0.636. The molecule has 0 aromatic heterocycles. The second kappa shape index (κ2) is 7.34. The number of hydrogen-bond acceptors (Lipinski definition) is 1. The van der Waals surface area contributed by atoms with Crippen LogP contribution in [0, 0.1) is 0 Å². The Labute approximate surface area is 121 Å². The van der Waals surface area contributed by atoms with Crippen molar-refractivity contribution in [2.45, 2.75) is 12.5 Å². The topological polar surface area (TPSA) is 3.24 Å². The van der Waals surface area contributed by atoms with E-state index in [2.05, 4.69) is 72.7 Å². The highest BCUT2D eigenvalue weighted by Crippen LogP contribution is 2.29. The van der Waals surface area contributed by atoms with Crippen LogP contribution < -0.4 is 4.90 Å². The SMILES string of the molecule is C=CCC(c1ccccc1)N(CC=C)c1ccccc1. The molecule has 1 atom stereocenters. The number of benzene rings is 2. The van der Waals surface area contributed by atoms with Crippen molar-refractivity contribution in [1.82, 2.24) is 0 Å². The molecular weight excluding hydrogens is 242 g/mol. The molecule has 0 saturated carbocycles. The number of nitrogens with zero attached hydrogens (tertiary/aromatic N) is 1. The van der Waals surface area contributed by atoms with Gasteiger partial charge in [-0.25, -0.2) is 0 Å². The standard InChI is InChI=1S/C19H21N/c1-3-11-19(17-12-7-5-8-13-17)20(16-4-2)18-14-9-6-10-15-18/h3-10,12-15,19H,1-2,11,16H2. The molecule has 2 aromatic carbocycles. The molecule has 2 aromatic rings. The van der Waals surface area contributed by atoms with Gasteiger partial charge in [-0.15, -0.1) is 13.2 Å². The normalized spacial score (nSPS) is 11.6. The fourth-order valence-corrected chi connectivity index (χ4v) is 2.45. The molecule has 0 amide bonds. The third kappa shape index (κ3) is 3.39. The van der Waals surface area contributed by atoms with E-state index in [0.717, 1.165) is 13.0 Å². The highest BCUT2D eigenvalue weighted by molar-refractivity contribution is 5.49. The molecule has 1 nitrogen and oxygen atoms in total. The predicted octanol–water partition coefficient (Wildman–Crippen LogP) is 5.00. The smallest absolute Gasteiger partial charge is 0.0580 e. The van der Waals surface area contributed by atoms with E-state index >= 15 is 0 Å². The molecule has 0 N–H and O–H groups in total. The van der Waals surface area contributed by atoms with Gasteiger partial charge in [0.1, 0.15) is 0 Å². The number of hydrogen-bond donors (Lipinski definition) is 0. The summed E-state index contributed by atoms with van der Waals surface area (Å²) in [4.78, 5) is 2.37. The van der Waals surface area contributed by atoms with Crippen LogP contribution in [-0.2, 0) is 0 Å². The lowest BCUT2D eigenvalue weighted by Crippen LogP contribution is -2.28. The summed E-state index contributed by atoms with van der Waals surface area (Å²) in [6, 6.07) is 21.3. The Morgan fingerprint density at radius 2 is 1.45 bits per heavy atom. The number of anilines is 1. The summed E-state index contributed by atoms with van der Waals surface area (Å²) in [7, 11) is 0. The Morgan fingerprint density at radius 3 is 2.00 bits per heavy atom. The third-order valence-electron chi connectivity index (χ3n) is 3.36. The predicted molar refractivity (Wildman–Crippen MR) is 88.0 cm³/mol. The Morgan fingerprint density at radius 1 is 0.850 bits per heavy atom. The molecule has 1 heteroatoms. The fourth-order valence-electron chi connectivity index (χ4n) is 2.45. The maximum atomic E-state index is 3.91. The first-order chi connectivity index (χ1) is 9.86. The van der Waals surface area contributed by atoms with Crippen LogP contribution in [0.4, 0.5) is 5.69 Å². The van der Waals surface area contributed by atoms with E-state index in [1.54, 1.807) is 0 Å². The van der Waals surface area contributed by atoms with E-state index in [1.807, 2.05) is 18.2 Å². The Kier molecular flexibility index (Phi) is 5.19.